The molecule has 1 aromatic heterocycles. The maximum atomic E-state index is 6.03. The van der Waals surface area contributed by atoms with Crippen molar-refractivity contribution in [1.29, 1.82) is 0 Å². The predicted octanol–water partition coefficient (Wildman–Crippen LogP) is 3.28. The molecular weight excluding hydrogens is 216 g/mol. The fourth-order valence-corrected chi connectivity index (χ4v) is 3.63. The average molecular weight is 232 g/mol. The van der Waals surface area contributed by atoms with E-state index in [2.05, 4.69) is 24.3 Å². The molecule has 0 bridgehead atoms. The zero-order valence-electron chi connectivity index (χ0n) is 9.23. The Hall–Kier alpha value is -0.930. The van der Waals surface area contributed by atoms with Crippen molar-refractivity contribution in [2.45, 2.75) is 37.6 Å². The van der Waals surface area contributed by atoms with Gasteiger partial charge in [0.1, 0.15) is 0 Å². The summed E-state index contributed by atoms with van der Waals surface area (Å²) >= 11 is 1.84. The predicted molar refractivity (Wildman–Crippen MR) is 68.8 cm³/mol. The minimum Gasteiger partial charge on any atom is -0.328 e. The Balaban J connectivity index is 1.93. The Kier molecular flexibility index (Phi) is 2.65. The number of hydrogen-bond donors (Lipinski definition) is 1. The third kappa shape index (κ3) is 1.85. The molecule has 84 valence electrons. The van der Waals surface area contributed by atoms with Gasteiger partial charge in [-0.15, -0.1) is 11.3 Å². The summed E-state index contributed by atoms with van der Waals surface area (Å²) in [5.74, 6) is 0.598. The van der Waals surface area contributed by atoms with Gasteiger partial charge in [0.15, 0.2) is 0 Å². The van der Waals surface area contributed by atoms with Crippen molar-refractivity contribution < 1.29 is 0 Å². The van der Waals surface area contributed by atoms with Crippen LogP contribution in [0.4, 0.5) is 0 Å². The first-order chi connectivity index (χ1) is 7.83. The lowest BCUT2D eigenvalue weighted by atomic mass is 9.87. The van der Waals surface area contributed by atoms with Crippen molar-refractivity contribution in [2.24, 2.45) is 5.73 Å². The fraction of sp³-hybridized carbons (Fsp3) is 0.462. The van der Waals surface area contributed by atoms with Gasteiger partial charge in [0.2, 0.25) is 0 Å². The molecule has 0 spiro atoms. The van der Waals surface area contributed by atoms with Crippen molar-refractivity contribution in [3.05, 3.63) is 29.3 Å². The summed E-state index contributed by atoms with van der Waals surface area (Å²) in [6, 6.07) is 8.76. The van der Waals surface area contributed by atoms with Crippen molar-refractivity contribution in [3.8, 4) is 0 Å². The lowest BCUT2D eigenvalue weighted by molar-refractivity contribution is 0.393. The number of rotatable bonds is 1. The van der Waals surface area contributed by atoms with Crippen LogP contribution in [0.25, 0.3) is 10.2 Å². The van der Waals surface area contributed by atoms with Gasteiger partial charge in [-0.3, -0.25) is 0 Å². The normalized spacial score (nSPS) is 26.1. The lowest BCUT2D eigenvalue weighted by Crippen LogP contribution is -2.26. The zero-order valence-corrected chi connectivity index (χ0v) is 10.0. The first-order valence-corrected chi connectivity index (χ1v) is 6.75. The molecule has 0 saturated heterocycles. The van der Waals surface area contributed by atoms with Gasteiger partial charge in [0.05, 0.1) is 15.2 Å². The number of aromatic nitrogens is 1. The second-order valence-corrected chi connectivity index (χ2v) is 5.71. The van der Waals surface area contributed by atoms with E-state index in [1.165, 1.54) is 29.0 Å². The smallest absolute Gasteiger partial charge is 0.0970 e. The zero-order chi connectivity index (χ0) is 11.0. The van der Waals surface area contributed by atoms with E-state index in [0.717, 1.165) is 11.9 Å². The average Bonchev–Trinajstić information content (AvgIpc) is 2.72. The number of thiazole rings is 1. The Morgan fingerprint density at radius 1 is 1.25 bits per heavy atom. The fourth-order valence-electron chi connectivity index (χ4n) is 2.52. The number of nitrogens with two attached hydrogens (primary N) is 1. The second kappa shape index (κ2) is 4.15. The maximum Gasteiger partial charge on any atom is 0.0970 e. The Morgan fingerprint density at radius 2 is 2.12 bits per heavy atom. The summed E-state index contributed by atoms with van der Waals surface area (Å²) in [6.45, 7) is 0. The van der Waals surface area contributed by atoms with Crippen molar-refractivity contribution >= 4 is 21.6 Å². The topological polar surface area (TPSA) is 38.9 Å². The van der Waals surface area contributed by atoms with Crippen LogP contribution in [0.15, 0.2) is 24.3 Å². The standard InChI is InChI=1S/C13H16N2S/c14-10-5-3-4-9(8-10)13-15-11-6-1-2-7-12(11)16-13/h1-2,6-7,9-10H,3-5,8,14H2. The van der Waals surface area contributed by atoms with Crippen LogP contribution in [-0.4, -0.2) is 11.0 Å². The van der Waals surface area contributed by atoms with E-state index >= 15 is 0 Å². The number of para-hydroxylation sites is 1. The molecule has 1 fully saturated rings. The molecule has 2 aromatic rings. The highest BCUT2D eigenvalue weighted by atomic mass is 32.1. The Morgan fingerprint density at radius 3 is 2.94 bits per heavy atom. The quantitative estimate of drug-likeness (QED) is 0.819. The third-order valence-corrected chi connectivity index (χ3v) is 4.57. The molecule has 3 rings (SSSR count). The van der Waals surface area contributed by atoms with E-state index in [-0.39, 0.29) is 0 Å². The van der Waals surface area contributed by atoms with E-state index < -0.39 is 0 Å². The molecule has 2 nitrogen and oxygen atoms in total. The number of nitrogens with zero attached hydrogens (tertiary/aromatic N) is 1. The SMILES string of the molecule is NC1CCCC(c2nc3ccccc3s2)C1. The van der Waals surface area contributed by atoms with Gasteiger partial charge in [-0.25, -0.2) is 4.98 Å². The third-order valence-electron chi connectivity index (χ3n) is 3.37. The molecule has 2 atom stereocenters. The molecule has 2 unspecified atom stereocenters. The van der Waals surface area contributed by atoms with Crippen LogP contribution in [0.2, 0.25) is 0 Å². The highest BCUT2D eigenvalue weighted by Crippen LogP contribution is 2.36. The molecular formula is C13H16N2S. The van der Waals surface area contributed by atoms with Crippen LogP contribution < -0.4 is 5.73 Å². The van der Waals surface area contributed by atoms with Gasteiger partial charge < -0.3 is 5.73 Å². The number of hydrogen-bond acceptors (Lipinski definition) is 3. The Labute approximate surface area is 99.5 Å². The molecule has 1 aliphatic carbocycles. The molecule has 0 aliphatic heterocycles. The van der Waals surface area contributed by atoms with E-state index in [1.54, 1.807) is 0 Å². The first kappa shape index (κ1) is 10.2. The summed E-state index contributed by atoms with van der Waals surface area (Å²) in [4.78, 5) is 4.73. The summed E-state index contributed by atoms with van der Waals surface area (Å²) < 4.78 is 1.30. The Bertz CT molecular complexity index is 458. The van der Waals surface area contributed by atoms with E-state index in [0.29, 0.717) is 12.0 Å². The lowest BCUT2D eigenvalue weighted by Gasteiger charge is -2.24. The summed E-state index contributed by atoms with van der Waals surface area (Å²) in [5, 5.41) is 1.29. The van der Waals surface area contributed by atoms with Crippen molar-refractivity contribution in [2.75, 3.05) is 0 Å². The monoisotopic (exact) mass is 232 g/mol. The molecule has 16 heavy (non-hydrogen) atoms. The second-order valence-electron chi connectivity index (χ2n) is 4.64. The highest BCUT2D eigenvalue weighted by Gasteiger charge is 2.23. The van der Waals surface area contributed by atoms with Crippen molar-refractivity contribution in [3.63, 3.8) is 0 Å². The van der Waals surface area contributed by atoms with E-state index in [4.69, 9.17) is 10.7 Å². The summed E-state index contributed by atoms with van der Waals surface area (Å²) in [6.07, 6.45) is 4.80. The van der Waals surface area contributed by atoms with Crippen LogP contribution >= 0.6 is 11.3 Å². The minimum atomic E-state index is 0.380. The van der Waals surface area contributed by atoms with Gasteiger partial charge in [-0.05, 0) is 31.4 Å². The van der Waals surface area contributed by atoms with E-state index in [1.807, 2.05) is 11.3 Å². The van der Waals surface area contributed by atoms with Crippen LogP contribution in [0.1, 0.15) is 36.6 Å². The highest BCUT2D eigenvalue weighted by molar-refractivity contribution is 7.18. The molecule has 1 aromatic carbocycles. The molecule has 2 N–H and O–H groups in total. The molecule has 0 amide bonds. The molecule has 3 heteroatoms. The largest absolute Gasteiger partial charge is 0.328 e. The molecule has 1 saturated carbocycles. The van der Waals surface area contributed by atoms with Crippen molar-refractivity contribution in [1.82, 2.24) is 4.98 Å². The molecule has 1 heterocycles. The van der Waals surface area contributed by atoms with Gasteiger partial charge in [0, 0.05) is 12.0 Å². The minimum absolute atomic E-state index is 0.380. The van der Waals surface area contributed by atoms with Gasteiger partial charge in [0.25, 0.3) is 0 Å². The number of fused-ring (bicyclic) bond motifs is 1. The van der Waals surface area contributed by atoms with Gasteiger partial charge in [-0.1, -0.05) is 18.6 Å². The number of benzene rings is 1. The molecule has 1 aliphatic rings. The van der Waals surface area contributed by atoms with Gasteiger partial charge >= 0.3 is 0 Å². The van der Waals surface area contributed by atoms with Crippen LogP contribution in [-0.2, 0) is 0 Å². The van der Waals surface area contributed by atoms with Crippen LogP contribution in [0, 0.1) is 0 Å². The first-order valence-electron chi connectivity index (χ1n) is 5.94. The van der Waals surface area contributed by atoms with Gasteiger partial charge in [-0.2, -0.15) is 0 Å². The molecule has 0 radical (unpaired) electrons. The maximum absolute atomic E-state index is 6.03. The summed E-state index contributed by atoms with van der Waals surface area (Å²) in [7, 11) is 0. The van der Waals surface area contributed by atoms with Crippen LogP contribution in [0.5, 0.6) is 0 Å². The summed E-state index contributed by atoms with van der Waals surface area (Å²) in [5.41, 5.74) is 7.17. The van der Waals surface area contributed by atoms with Crippen LogP contribution in [0.3, 0.4) is 0 Å². The van der Waals surface area contributed by atoms with E-state index in [9.17, 15) is 0 Å².